The van der Waals surface area contributed by atoms with Gasteiger partial charge in [-0.2, -0.15) is 31.5 Å². The standard InChI is InChI=1S/C29H37F6N9/c1-17(36)24-11-21(26(40-25(24)38-2)43(14-19-7-8-19)13-18-5-4-6-18)16-44(27(41-37)42-39-3)15-20-9-22(28(30,31)32)12-23(10-20)29(33,34)35/h9-12,18-19,36H,4-8,13-16,37H2,1-3H3,(H,38,40). The molecule has 0 saturated heterocycles. The Morgan fingerprint density at radius 1 is 0.977 bits per heavy atom. The van der Waals surface area contributed by atoms with Crippen LogP contribution in [0.4, 0.5) is 38.0 Å². The van der Waals surface area contributed by atoms with E-state index in [0.29, 0.717) is 46.7 Å². The number of hydrogen-bond acceptors (Lipinski definition) is 7. The zero-order valence-corrected chi connectivity index (χ0v) is 24.9. The first-order chi connectivity index (χ1) is 20.7. The van der Waals surface area contributed by atoms with Crippen LogP contribution in [0.15, 0.2) is 39.6 Å². The number of nitrogens with zero attached hydrogens (tertiary/aromatic N) is 6. The Balaban J connectivity index is 1.83. The summed E-state index contributed by atoms with van der Waals surface area (Å²) in [5, 5.41) is 22.7. The summed E-state index contributed by atoms with van der Waals surface area (Å²) >= 11 is 0. The van der Waals surface area contributed by atoms with E-state index in [1.54, 1.807) is 20.0 Å². The summed E-state index contributed by atoms with van der Waals surface area (Å²) in [6, 6.07) is 3.21. The van der Waals surface area contributed by atoms with Crippen LogP contribution in [-0.2, 0) is 25.4 Å². The second kappa shape index (κ2) is 13.4. The van der Waals surface area contributed by atoms with Crippen molar-refractivity contribution in [1.29, 1.82) is 5.41 Å². The van der Waals surface area contributed by atoms with Gasteiger partial charge in [0, 0.05) is 57.1 Å². The second-order valence-electron chi connectivity index (χ2n) is 11.4. The first-order valence-corrected chi connectivity index (χ1v) is 14.4. The van der Waals surface area contributed by atoms with E-state index in [4.69, 9.17) is 16.2 Å². The van der Waals surface area contributed by atoms with Gasteiger partial charge < -0.3 is 26.4 Å². The second-order valence-corrected chi connectivity index (χ2v) is 11.4. The largest absolute Gasteiger partial charge is 0.416 e. The normalized spacial score (nSPS) is 16.2. The maximum absolute atomic E-state index is 13.6. The highest BCUT2D eigenvalue weighted by Gasteiger charge is 2.37. The molecule has 9 nitrogen and oxygen atoms in total. The van der Waals surface area contributed by atoms with Gasteiger partial charge in [0.05, 0.1) is 11.1 Å². The molecule has 2 fully saturated rings. The Hall–Kier alpha value is -3.91. The third kappa shape index (κ3) is 8.17. The number of anilines is 2. The van der Waals surface area contributed by atoms with Gasteiger partial charge in [0.25, 0.3) is 5.96 Å². The number of halogens is 6. The fourth-order valence-electron chi connectivity index (χ4n) is 5.25. The molecule has 44 heavy (non-hydrogen) atoms. The van der Waals surface area contributed by atoms with E-state index in [1.807, 2.05) is 0 Å². The first kappa shape index (κ1) is 33.0. The maximum atomic E-state index is 13.6. The molecule has 0 amide bonds. The Morgan fingerprint density at radius 3 is 2.00 bits per heavy atom. The molecular weight excluding hydrogens is 588 g/mol. The van der Waals surface area contributed by atoms with Gasteiger partial charge in [0.2, 0.25) is 0 Å². The van der Waals surface area contributed by atoms with Crippen LogP contribution in [0.1, 0.15) is 66.8 Å². The molecule has 0 radical (unpaired) electrons. The van der Waals surface area contributed by atoms with Crippen LogP contribution in [0.25, 0.3) is 0 Å². The molecule has 0 atom stereocenters. The summed E-state index contributed by atoms with van der Waals surface area (Å²) in [6.07, 6.45) is -4.48. The highest BCUT2D eigenvalue weighted by atomic mass is 19.4. The maximum Gasteiger partial charge on any atom is 0.416 e. The lowest BCUT2D eigenvalue weighted by molar-refractivity contribution is -0.143. The molecule has 0 aliphatic heterocycles. The molecule has 4 N–H and O–H groups in total. The average Bonchev–Trinajstić information content (AvgIpc) is 3.75. The van der Waals surface area contributed by atoms with Crippen LogP contribution in [0.5, 0.6) is 0 Å². The lowest BCUT2D eigenvalue weighted by Gasteiger charge is -2.35. The van der Waals surface area contributed by atoms with Crippen molar-refractivity contribution in [1.82, 2.24) is 9.88 Å². The van der Waals surface area contributed by atoms with Gasteiger partial charge in [0.1, 0.15) is 11.6 Å². The number of benzene rings is 1. The van der Waals surface area contributed by atoms with E-state index in [9.17, 15) is 26.3 Å². The number of nitrogens with one attached hydrogen (secondary N) is 2. The lowest BCUT2D eigenvalue weighted by atomic mass is 9.85. The molecule has 1 aromatic carbocycles. The summed E-state index contributed by atoms with van der Waals surface area (Å²) in [7, 11) is 3.05. The van der Waals surface area contributed by atoms with Crippen molar-refractivity contribution < 1.29 is 26.3 Å². The van der Waals surface area contributed by atoms with Gasteiger partial charge in [0.15, 0.2) is 0 Å². The number of aromatic nitrogens is 1. The molecule has 2 aliphatic carbocycles. The number of alkyl halides is 6. The average molecular weight is 626 g/mol. The predicted octanol–water partition coefficient (Wildman–Crippen LogP) is 6.88. The third-order valence-corrected chi connectivity index (χ3v) is 7.87. The number of azo groups is 1. The molecule has 1 aromatic heterocycles. The van der Waals surface area contributed by atoms with Crippen molar-refractivity contribution in [3.8, 4) is 0 Å². The minimum Gasteiger partial charge on any atom is -0.373 e. The summed E-state index contributed by atoms with van der Waals surface area (Å²) < 4.78 is 81.9. The molecule has 4 rings (SSSR count). The van der Waals surface area contributed by atoms with Crippen LogP contribution >= 0.6 is 0 Å². The summed E-state index contributed by atoms with van der Waals surface area (Å²) in [4.78, 5) is 8.49. The van der Waals surface area contributed by atoms with Crippen molar-refractivity contribution in [3.63, 3.8) is 0 Å². The number of hydrazone groups is 1. The van der Waals surface area contributed by atoms with Gasteiger partial charge in [-0.15, -0.1) is 10.2 Å². The topological polar surface area (TPSA) is 118 Å². The van der Waals surface area contributed by atoms with E-state index >= 15 is 0 Å². The van der Waals surface area contributed by atoms with Crippen molar-refractivity contribution in [2.24, 2.45) is 33.0 Å². The Labute approximate surface area is 252 Å². The molecule has 15 heteroatoms. The van der Waals surface area contributed by atoms with Gasteiger partial charge in [-0.1, -0.05) is 6.42 Å². The first-order valence-electron chi connectivity index (χ1n) is 14.4. The zero-order valence-electron chi connectivity index (χ0n) is 24.9. The highest BCUT2D eigenvalue weighted by molar-refractivity contribution is 6.01. The van der Waals surface area contributed by atoms with Crippen molar-refractivity contribution in [2.45, 2.75) is 64.5 Å². The van der Waals surface area contributed by atoms with Crippen LogP contribution < -0.4 is 16.1 Å². The SMILES string of the molecule is CN=NC(=NN)N(Cc1cc(C(F)(F)F)cc(C(F)(F)F)c1)Cc1cc(C(C)=N)c(NC)nc1N(CC1CCC1)CC1CC1. The molecule has 2 aliphatic rings. The number of pyridine rings is 1. The monoisotopic (exact) mass is 625 g/mol. The van der Waals surface area contributed by atoms with Gasteiger partial charge in [-0.25, -0.2) is 4.98 Å². The summed E-state index contributed by atoms with van der Waals surface area (Å²) in [5.74, 6) is 7.53. The molecule has 0 spiro atoms. The van der Waals surface area contributed by atoms with Gasteiger partial charge >= 0.3 is 12.4 Å². The van der Waals surface area contributed by atoms with E-state index in [2.05, 4.69) is 25.5 Å². The van der Waals surface area contributed by atoms with E-state index in [1.165, 1.54) is 11.9 Å². The third-order valence-electron chi connectivity index (χ3n) is 7.87. The minimum absolute atomic E-state index is 0.0783. The summed E-state index contributed by atoms with van der Waals surface area (Å²) in [5.41, 5.74) is -1.80. The Bertz CT molecular complexity index is 1360. The molecule has 2 aromatic rings. The predicted molar refractivity (Wildman–Crippen MR) is 157 cm³/mol. The molecular formula is C29H37F6N9. The number of nitrogens with two attached hydrogens (primary N) is 1. The van der Waals surface area contributed by atoms with Gasteiger partial charge in [-0.3, -0.25) is 0 Å². The van der Waals surface area contributed by atoms with Crippen LogP contribution in [0, 0.1) is 17.2 Å². The van der Waals surface area contributed by atoms with Crippen molar-refractivity contribution >= 4 is 23.3 Å². The summed E-state index contributed by atoms with van der Waals surface area (Å²) in [6.45, 7) is 2.61. The number of guanidine groups is 1. The van der Waals surface area contributed by atoms with Crippen LogP contribution in [-0.4, -0.2) is 48.7 Å². The quantitative estimate of drug-likeness (QED) is 0.0629. The minimum atomic E-state index is -5.00. The van der Waals surface area contributed by atoms with Crippen LogP contribution in [0.2, 0.25) is 0 Å². The van der Waals surface area contributed by atoms with Crippen molar-refractivity contribution in [3.05, 3.63) is 52.1 Å². The van der Waals surface area contributed by atoms with E-state index < -0.39 is 30.0 Å². The number of rotatable bonds is 11. The molecule has 0 unspecified atom stereocenters. The smallest absolute Gasteiger partial charge is 0.373 e. The number of hydrogen-bond donors (Lipinski definition) is 3. The van der Waals surface area contributed by atoms with Gasteiger partial charge in [-0.05, 0) is 74.3 Å². The fraction of sp³-hybridized carbons (Fsp3) is 0.552. The zero-order chi connectivity index (χ0) is 32.2. The highest BCUT2D eigenvalue weighted by Crippen LogP contribution is 2.38. The lowest BCUT2D eigenvalue weighted by Crippen LogP contribution is -2.37. The molecule has 2 saturated carbocycles. The molecule has 0 bridgehead atoms. The van der Waals surface area contributed by atoms with Crippen LogP contribution in [0.3, 0.4) is 0 Å². The molecule has 1 heterocycles. The van der Waals surface area contributed by atoms with Crippen molar-refractivity contribution in [2.75, 3.05) is 37.4 Å². The molecule has 240 valence electrons. The Morgan fingerprint density at radius 2 is 1.57 bits per heavy atom. The fourth-order valence-corrected chi connectivity index (χ4v) is 5.25. The van der Waals surface area contributed by atoms with E-state index in [0.717, 1.165) is 45.2 Å². The Kier molecular flexibility index (Phi) is 10.0. The van der Waals surface area contributed by atoms with E-state index in [-0.39, 0.29) is 29.8 Å².